The fourth-order valence-electron chi connectivity index (χ4n) is 3.22. The van der Waals surface area contributed by atoms with Crippen LogP contribution in [0.25, 0.3) is 11.0 Å². The molecule has 4 heteroatoms. The molecule has 0 amide bonds. The van der Waals surface area contributed by atoms with E-state index in [1.807, 2.05) is 6.07 Å². The van der Waals surface area contributed by atoms with E-state index < -0.39 is 5.97 Å². The molecule has 1 N–H and O–H groups in total. The van der Waals surface area contributed by atoms with Crippen LogP contribution in [0.4, 0.5) is 0 Å². The van der Waals surface area contributed by atoms with E-state index in [0.29, 0.717) is 11.0 Å². The monoisotopic (exact) mass is 286 g/mol. The van der Waals surface area contributed by atoms with Crippen LogP contribution in [0.2, 0.25) is 0 Å². The number of hydrogen-bond acceptors (Lipinski definition) is 2. The number of carbonyl (C=O) groups is 1. The lowest BCUT2D eigenvalue weighted by Crippen LogP contribution is -2.31. The molecule has 1 heterocycles. The highest BCUT2D eigenvalue weighted by Gasteiger charge is 2.33. The number of fused-ring (bicyclic) bond motifs is 1. The van der Waals surface area contributed by atoms with Crippen LogP contribution in [0.5, 0.6) is 0 Å². The highest BCUT2D eigenvalue weighted by atomic mass is 16.4. The Morgan fingerprint density at radius 1 is 1.43 bits per heavy atom. The van der Waals surface area contributed by atoms with Crippen LogP contribution in [0, 0.1) is 5.41 Å². The summed E-state index contributed by atoms with van der Waals surface area (Å²) in [6.07, 6.45) is 5.78. The summed E-state index contributed by atoms with van der Waals surface area (Å²) in [5.74, 6) is 0.208. The molecule has 0 atom stereocenters. The van der Waals surface area contributed by atoms with Crippen molar-refractivity contribution in [3.8, 4) is 0 Å². The van der Waals surface area contributed by atoms with E-state index in [2.05, 4.69) is 18.4 Å². The first kappa shape index (κ1) is 14.1. The highest BCUT2D eigenvalue weighted by molar-refractivity contribution is 5.92. The first-order valence-electron chi connectivity index (χ1n) is 7.75. The molecule has 4 nitrogen and oxygen atoms in total. The molecule has 1 fully saturated rings. The third kappa shape index (κ3) is 2.55. The van der Waals surface area contributed by atoms with E-state index in [1.165, 1.54) is 19.3 Å². The van der Waals surface area contributed by atoms with Gasteiger partial charge in [-0.3, -0.25) is 0 Å². The zero-order valence-electron chi connectivity index (χ0n) is 12.7. The first-order valence-corrected chi connectivity index (χ1v) is 7.75. The van der Waals surface area contributed by atoms with Gasteiger partial charge < -0.3 is 9.67 Å². The maximum Gasteiger partial charge on any atom is 0.335 e. The molecule has 0 spiro atoms. The van der Waals surface area contributed by atoms with Gasteiger partial charge in [0.1, 0.15) is 5.82 Å². The van der Waals surface area contributed by atoms with Crippen molar-refractivity contribution in [2.75, 3.05) is 0 Å². The summed E-state index contributed by atoms with van der Waals surface area (Å²) in [5, 5.41) is 9.21. The summed E-state index contributed by atoms with van der Waals surface area (Å²) >= 11 is 0. The van der Waals surface area contributed by atoms with Crippen LogP contribution < -0.4 is 0 Å². The molecule has 1 aliphatic rings. The average molecular weight is 286 g/mol. The normalized spacial score (nSPS) is 16.9. The summed E-state index contributed by atoms with van der Waals surface area (Å²) in [4.78, 5) is 15.9. The van der Waals surface area contributed by atoms with Crippen LogP contribution in [-0.4, -0.2) is 20.6 Å². The molecule has 0 radical (unpaired) electrons. The molecule has 1 aliphatic carbocycles. The summed E-state index contributed by atoms with van der Waals surface area (Å²) in [6.45, 7) is 5.42. The first-order chi connectivity index (χ1) is 10.0. The predicted molar refractivity (Wildman–Crippen MR) is 82.6 cm³/mol. The van der Waals surface area contributed by atoms with Crippen molar-refractivity contribution in [1.29, 1.82) is 0 Å². The fraction of sp³-hybridized carbons (Fsp3) is 0.529. The average Bonchev–Trinajstić information content (AvgIpc) is 2.74. The number of aromatic carboxylic acids is 1. The summed E-state index contributed by atoms with van der Waals surface area (Å²) < 4.78 is 2.25. The SMILES string of the molecule is CCCc1nc2ccc(C(=O)O)cc2n1CC1(C)CCC1. The minimum absolute atomic E-state index is 0.338. The molecular formula is C17H22N2O2. The molecule has 0 aliphatic heterocycles. The fourth-order valence-corrected chi connectivity index (χ4v) is 3.22. The second-order valence-electron chi connectivity index (χ2n) is 6.54. The summed E-state index contributed by atoms with van der Waals surface area (Å²) in [6, 6.07) is 5.24. The molecule has 112 valence electrons. The predicted octanol–water partition coefficient (Wildman–Crippen LogP) is 3.88. The van der Waals surface area contributed by atoms with Crippen LogP contribution >= 0.6 is 0 Å². The van der Waals surface area contributed by atoms with Gasteiger partial charge in [0.05, 0.1) is 16.6 Å². The Bertz CT molecular complexity index is 683. The van der Waals surface area contributed by atoms with Crippen molar-refractivity contribution >= 4 is 17.0 Å². The van der Waals surface area contributed by atoms with Crippen molar-refractivity contribution in [3.05, 3.63) is 29.6 Å². The Balaban J connectivity index is 2.09. The number of aryl methyl sites for hydroxylation is 1. The van der Waals surface area contributed by atoms with E-state index in [0.717, 1.165) is 36.2 Å². The number of rotatable bonds is 5. The second-order valence-corrected chi connectivity index (χ2v) is 6.54. The largest absolute Gasteiger partial charge is 0.478 e. The molecule has 0 saturated heterocycles. The Morgan fingerprint density at radius 3 is 2.76 bits per heavy atom. The van der Waals surface area contributed by atoms with E-state index in [-0.39, 0.29) is 0 Å². The van der Waals surface area contributed by atoms with Gasteiger partial charge in [-0.1, -0.05) is 20.3 Å². The Hall–Kier alpha value is -1.84. The molecule has 0 unspecified atom stereocenters. The number of benzene rings is 1. The van der Waals surface area contributed by atoms with E-state index >= 15 is 0 Å². The van der Waals surface area contributed by atoms with Gasteiger partial charge in [-0.15, -0.1) is 0 Å². The third-order valence-corrected chi connectivity index (χ3v) is 4.65. The Labute approximate surface area is 124 Å². The minimum Gasteiger partial charge on any atom is -0.478 e. The lowest BCUT2D eigenvalue weighted by Gasteiger charge is -2.39. The van der Waals surface area contributed by atoms with E-state index in [4.69, 9.17) is 4.98 Å². The number of aromatic nitrogens is 2. The zero-order chi connectivity index (χ0) is 15.0. The second kappa shape index (κ2) is 5.17. The maximum absolute atomic E-state index is 11.2. The highest BCUT2D eigenvalue weighted by Crippen LogP contribution is 2.42. The summed E-state index contributed by atoms with van der Waals surface area (Å²) in [7, 11) is 0. The van der Waals surface area contributed by atoms with Gasteiger partial charge >= 0.3 is 5.97 Å². The zero-order valence-corrected chi connectivity index (χ0v) is 12.7. The molecule has 1 aromatic carbocycles. The van der Waals surface area contributed by atoms with Gasteiger partial charge in [0.15, 0.2) is 0 Å². The van der Waals surface area contributed by atoms with Crippen LogP contribution in [0.3, 0.4) is 0 Å². The van der Waals surface area contributed by atoms with Crippen molar-refractivity contribution in [2.45, 2.75) is 52.5 Å². The number of imidazole rings is 1. The number of nitrogens with zero attached hydrogens (tertiary/aromatic N) is 2. The molecular weight excluding hydrogens is 264 g/mol. The Kier molecular flexibility index (Phi) is 3.47. The third-order valence-electron chi connectivity index (χ3n) is 4.65. The maximum atomic E-state index is 11.2. The molecule has 21 heavy (non-hydrogen) atoms. The lowest BCUT2D eigenvalue weighted by atomic mass is 9.70. The van der Waals surface area contributed by atoms with Crippen LogP contribution in [0.1, 0.15) is 55.7 Å². The van der Waals surface area contributed by atoms with Crippen LogP contribution in [0.15, 0.2) is 18.2 Å². The lowest BCUT2D eigenvalue weighted by molar-refractivity contribution is 0.0697. The Morgan fingerprint density at radius 2 is 2.19 bits per heavy atom. The smallest absolute Gasteiger partial charge is 0.335 e. The van der Waals surface area contributed by atoms with Gasteiger partial charge in [-0.05, 0) is 42.9 Å². The topological polar surface area (TPSA) is 55.1 Å². The quantitative estimate of drug-likeness (QED) is 0.907. The molecule has 3 rings (SSSR count). The van der Waals surface area contributed by atoms with Crippen molar-refractivity contribution in [2.24, 2.45) is 5.41 Å². The molecule has 1 saturated carbocycles. The van der Waals surface area contributed by atoms with Gasteiger partial charge in [0.25, 0.3) is 0 Å². The van der Waals surface area contributed by atoms with Gasteiger partial charge in [-0.25, -0.2) is 9.78 Å². The van der Waals surface area contributed by atoms with Crippen molar-refractivity contribution < 1.29 is 9.90 Å². The number of hydrogen-bond donors (Lipinski definition) is 1. The van der Waals surface area contributed by atoms with E-state index in [9.17, 15) is 9.90 Å². The van der Waals surface area contributed by atoms with Gasteiger partial charge in [-0.2, -0.15) is 0 Å². The molecule has 2 aromatic rings. The van der Waals surface area contributed by atoms with Gasteiger partial charge in [0, 0.05) is 13.0 Å². The summed E-state index contributed by atoms with van der Waals surface area (Å²) in [5.41, 5.74) is 2.55. The van der Waals surface area contributed by atoms with Crippen LogP contribution in [-0.2, 0) is 13.0 Å². The number of carboxylic acids is 1. The minimum atomic E-state index is -0.878. The van der Waals surface area contributed by atoms with Crippen molar-refractivity contribution in [3.63, 3.8) is 0 Å². The van der Waals surface area contributed by atoms with Gasteiger partial charge in [0.2, 0.25) is 0 Å². The van der Waals surface area contributed by atoms with E-state index in [1.54, 1.807) is 12.1 Å². The molecule has 0 bridgehead atoms. The van der Waals surface area contributed by atoms with Crippen molar-refractivity contribution in [1.82, 2.24) is 9.55 Å². The molecule has 1 aromatic heterocycles. The number of carboxylic acid groups (broad SMARTS) is 1. The standard InChI is InChI=1S/C17H22N2O2/c1-3-5-15-18-13-7-6-12(16(20)21)10-14(13)19(15)11-17(2)8-4-9-17/h6-7,10H,3-5,8-9,11H2,1-2H3,(H,20,21).